The molecule has 0 unspecified atom stereocenters. The molecule has 0 radical (unpaired) electrons. The monoisotopic (exact) mass is 513 g/mol. The SMILES string of the molecule is CCOc1nc(N2CCN(C(=O)OC(C)(C)C)[C@H](C)C2)ncc1C(=O)Nc1cc(F)c2nc(C)cn2c1. The van der Waals surface area contributed by atoms with E-state index in [-0.39, 0.29) is 41.5 Å². The molecule has 1 aliphatic rings. The number of carbonyl (C=O) groups excluding carboxylic acids is 2. The molecule has 3 aromatic heterocycles. The molecule has 1 aliphatic heterocycles. The normalized spacial score (nSPS) is 16.1. The number of ether oxygens (including phenoxy) is 2. The fourth-order valence-electron chi connectivity index (χ4n) is 4.09. The number of nitrogens with zero attached hydrogens (tertiary/aromatic N) is 6. The van der Waals surface area contributed by atoms with Gasteiger partial charge in [0.2, 0.25) is 11.8 Å². The van der Waals surface area contributed by atoms with Crippen molar-refractivity contribution in [2.24, 2.45) is 0 Å². The van der Waals surface area contributed by atoms with E-state index < -0.39 is 17.3 Å². The lowest BCUT2D eigenvalue weighted by Gasteiger charge is -2.40. The van der Waals surface area contributed by atoms with Gasteiger partial charge in [0.15, 0.2) is 11.5 Å². The number of fused-ring (bicyclic) bond motifs is 1. The Balaban J connectivity index is 1.50. The van der Waals surface area contributed by atoms with Gasteiger partial charge in [-0.15, -0.1) is 0 Å². The predicted molar refractivity (Wildman–Crippen MR) is 136 cm³/mol. The minimum Gasteiger partial charge on any atom is -0.477 e. The zero-order valence-corrected chi connectivity index (χ0v) is 21.9. The number of hydrogen-bond donors (Lipinski definition) is 1. The van der Waals surface area contributed by atoms with Gasteiger partial charge in [-0.05, 0) is 41.5 Å². The van der Waals surface area contributed by atoms with Crippen LogP contribution in [0, 0.1) is 12.7 Å². The van der Waals surface area contributed by atoms with Gasteiger partial charge in [-0.3, -0.25) is 4.79 Å². The Hall–Kier alpha value is -3.96. The van der Waals surface area contributed by atoms with Crippen LogP contribution < -0.4 is 15.0 Å². The van der Waals surface area contributed by atoms with Gasteiger partial charge in [-0.2, -0.15) is 4.98 Å². The maximum atomic E-state index is 14.4. The number of amides is 2. The highest BCUT2D eigenvalue weighted by molar-refractivity contribution is 6.05. The third-order valence-electron chi connectivity index (χ3n) is 5.69. The number of aromatic nitrogens is 4. The number of halogens is 1. The van der Waals surface area contributed by atoms with Crippen molar-refractivity contribution >= 4 is 29.3 Å². The Kier molecular flexibility index (Phi) is 7.19. The van der Waals surface area contributed by atoms with Gasteiger partial charge in [-0.1, -0.05) is 0 Å². The Bertz CT molecular complexity index is 1320. The summed E-state index contributed by atoms with van der Waals surface area (Å²) in [6.07, 6.45) is 4.28. The molecule has 0 spiro atoms. The summed E-state index contributed by atoms with van der Waals surface area (Å²) in [4.78, 5) is 42.2. The second-order valence-electron chi connectivity index (χ2n) is 9.93. The molecule has 11 nitrogen and oxygen atoms in total. The minimum absolute atomic E-state index is 0.118. The van der Waals surface area contributed by atoms with Gasteiger partial charge >= 0.3 is 6.09 Å². The van der Waals surface area contributed by atoms with Crippen LogP contribution in [0.2, 0.25) is 0 Å². The molecular formula is C25H32FN7O4. The van der Waals surface area contributed by atoms with Crippen LogP contribution in [0.5, 0.6) is 5.88 Å². The Morgan fingerprint density at radius 2 is 1.97 bits per heavy atom. The molecule has 198 valence electrons. The highest BCUT2D eigenvalue weighted by Crippen LogP contribution is 2.24. The third-order valence-corrected chi connectivity index (χ3v) is 5.69. The molecule has 0 aliphatic carbocycles. The number of aryl methyl sites for hydroxylation is 1. The van der Waals surface area contributed by atoms with Crippen LogP contribution in [-0.2, 0) is 4.74 Å². The van der Waals surface area contributed by atoms with Crippen LogP contribution in [-0.4, -0.2) is 74.1 Å². The quantitative estimate of drug-likeness (QED) is 0.550. The standard InChI is InChI=1S/C25H32FN7O4/c1-7-36-22-18(21(34)29-17-10-19(26)20-28-15(2)12-32(20)14-17)11-27-23(30-22)31-8-9-33(16(3)13-31)24(35)37-25(4,5)6/h10-12,14,16H,7-9,13H2,1-6H3,(H,29,34)/t16-/m1/s1. The average molecular weight is 514 g/mol. The van der Waals surface area contributed by atoms with Crippen LogP contribution >= 0.6 is 0 Å². The lowest BCUT2D eigenvalue weighted by Crippen LogP contribution is -2.55. The summed E-state index contributed by atoms with van der Waals surface area (Å²) < 4.78 is 27.1. The number of carbonyl (C=O) groups is 2. The summed E-state index contributed by atoms with van der Waals surface area (Å²) in [6, 6.07) is 1.07. The summed E-state index contributed by atoms with van der Waals surface area (Å²) in [5.74, 6) is -0.583. The third kappa shape index (κ3) is 5.89. The predicted octanol–water partition coefficient (Wildman–Crippen LogP) is 3.67. The molecule has 1 atom stereocenters. The zero-order valence-electron chi connectivity index (χ0n) is 21.9. The van der Waals surface area contributed by atoms with Crippen molar-refractivity contribution in [1.82, 2.24) is 24.3 Å². The van der Waals surface area contributed by atoms with E-state index in [1.165, 1.54) is 16.7 Å². The maximum Gasteiger partial charge on any atom is 0.410 e. The molecule has 0 saturated carbocycles. The largest absolute Gasteiger partial charge is 0.477 e. The Morgan fingerprint density at radius 1 is 1.22 bits per heavy atom. The van der Waals surface area contributed by atoms with E-state index in [9.17, 15) is 14.0 Å². The summed E-state index contributed by atoms with van der Waals surface area (Å²) in [7, 11) is 0. The van der Waals surface area contributed by atoms with Crippen molar-refractivity contribution in [3.63, 3.8) is 0 Å². The number of imidazole rings is 1. The zero-order chi connectivity index (χ0) is 26.9. The van der Waals surface area contributed by atoms with Gasteiger partial charge < -0.3 is 29.0 Å². The van der Waals surface area contributed by atoms with E-state index in [1.807, 2.05) is 32.6 Å². The maximum absolute atomic E-state index is 14.4. The van der Waals surface area contributed by atoms with Crippen molar-refractivity contribution in [2.75, 3.05) is 36.5 Å². The number of pyridine rings is 1. The topological polar surface area (TPSA) is 114 Å². The molecule has 1 saturated heterocycles. The molecular weight excluding hydrogens is 481 g/mol. The number of nitrogens with one attached hydrogen (secondary N) is 1. The van der Waals surface area contributed by atoms with Crippen molar-refractivity contribution in [3.8, 4) is 5.88 Å². The van der Waals surface area contributed by atoms with Crippen molar-refractivity contribution < 1.29 is 23.5 Å². The summed E-state index contributed by atoms with van der Waals surface area (Å²) in [5, 5.41) is 2.68. The van der Waals surface area contributed by atoms with E-state index in [0.29, 0.717) is 31.3 Å². The van der Waals surface area contributed by atoms with Crippen LogP contribution in [0.3, 0.4) is 0 Å². The number of anilines is 2. The van der Waals surface area contributed by atoms with Crippen LogP contribution in [0.4, 0.5) is 20.8 Å². The van der Waals surface area contributed by atoms with Crippen molar-refractivity contribution in [3.05, 3.63) is 41.7 Å². The number of piperazine rings is 1. The number of rotatable bonds is 5. The molecule has 0 aromatic carbocycles. The van der Waals surface area contributed by atoms with Gasteiger partial charge in [0, 0.05) is 50.3 Å². The first-order chi connectivity index (χ1) is 17.4. The van der Waals surface area contributed by atoms with Gasteiger partial charge in [0.05, 0.1) is 18.0 Å². The smallest absolute Gasteiger partial charge is 0.410 e. The minimum atomic E-state index is -0.574. The van der Waals surface area contributed by atoms with Gasteiger partial charge in [-0.25, -0.2) is 19.2 Å². The first-order valence-corrected chi connectivity index (χ1v) is 12.2. The van der Waals surface area contributed by atoms with Gasteiger partial charge in [0.1, 0.15) is 11.2 Å². The average Bonchev–Trinajstić information content (AvgIpc) is 3.18. The lowest BCUT2D eigenvalue weighted by atomic mass is 10.2. The van der Waals surface area contributed by atoms with Crippen LogP contribution in [0.25, 0.3) is 5.65 Å². The fraction of sp³-hybridized carbons (Fsp3) is 0.480. The fourth-order valence-corrected chi connectivity index (χ4v) is 4.09. The van der Waals surface area contributed by atoms with Gasteiger partial charge in [0.25, 0.3) is 5.91 Å². The second kappa shape index (κ2) is 10.2. The number of hydrogen-bond acceptors (Lipinski definition) is 8. The highest BCUT2D eigenvalue weighted by atomic mass is 19.1. The molecule has 1 fully saturated rings. The van der Waals surface area contributed by atoms with E-state index in [4.69, 9.17) is 9.47 Å². The first-order valence-electron chi connectivity index (χ1n) is 12.2. The first kappa shape index (κ1) is 26.1. The summed E-state index contributed by atoms with van der Waals surface area (Å²) >= 11 is 0. The van der Waals surface area contributed by atoms with E-state index >= 15 is 0 Å². The van der Waals surface area contributed by atoms with Crippen LogP contribution in [0.15, 0.2) is 24.7 Å². The highest BCUT2D eigenvalue weighted by Gasteiger charge is 2.32. The summed E-state index contributed by atoms with van der Waals surface area (Å²) in [5.41, 5.74) is 0.638. The molecule has 1 N–H and O–H groups in total. The Labute approximate surface area is 214 Å². The molecule has 4 heterocycles. The summed E-state index contributed by atoms with van der Waals surface area (Å²) in [6.45, 7) is 12.7. The van der Waals surface area contributed by atoms with Crippen LogP contribution in [0.1, 0.15) is 50.7 Å². The van der Waals surface area contributed by atoms with E-state index in [0.717, 1.165) is 0 Å². The molecule has 3 aromatic rings. The van der Waals surface area contributed by atoms with Crippen molar-refractivity contribution in [2.45, 2.75) is 53.2 Å². The van der Waals surface area contributed by atoms with Crippen molar-refractivity contribution in [1.29, 1.82) is 0 Å². The molecule has 0 bridgehead atoms. The molecule has 12 heteroatoms. The molecule has 2 amide bonds. The van der Waals surface area contributed by atoms with E-state index in [1.54, 1.807) is 31.1 Å². The molecule has 4 rings (SSSR count). The Morgan fingerprint density at radius 3 is 2.65 bits per heavy atom. The second-order valence-corrected chi connectivity index (χ2v) is 9.93. The molecule has 37 heavy (non-hydrogen) atoms. The van der Waals surface area contributed by atoms with E-state index in [2.05, 4.69) is 20.3 Å². The lowest BCUT2D eigenvalue weighted by molar-refractivity contribution is 0.0158.